The molecule has 3 amide bonds. The van der Waals surface area contributed by atoms with Crippen LogP contribution in [0.25, 0.3) is 5.57 Å². The van der Waals surface area contributed by atoms with Crippen LogP contribution in [0.1, 0.15) is 24.5 Å². The number of benzene rings is 1. The number of carboxylic acids is 1. The maximum atomic E-state index is 12.3. The van der Waals surface area contributed by atoms with Gasteiger partial charge in [-0.1, -0.05) is 24.3 Å². The zero-order valence-electron chi connectivity index (χ0n) is 14.9. The van der Waals surface area contributed by atoms with E-state index in [1.807, 2.05) is 24.3 Å². The van der Waals surface area contributed by atoms with Crippen molar-refractivity contribution in [2.45, 2.75) is 32.0 Å². The van der Waals surface area contributed by atoms with Crippen molar-refractivity contribution in [2.75, 3.05) is 13.1 Å². The summed E-state index contributed by atoms with van der Waals surface area (Å²) in [6.45, 7) is 3.35. The third-order valence-corrected chi connectivity index (χ3v) is 5.55. The molecular formula is C19H21N3O5. The Hall–Kier alpha value is -2.87. The summed E-state index contributed by atoms with van der Waals surface area (Å²) in [6.07, 6.45) is -0.390. The van der Waals surface area contributed by atoms with E-state index < -0.39 is 18.0 Å². The van der Waals surface area contributed by atoms with Crippen molar-refractivity contribution < 1.29 is 24.6 Å². The number of aliphatic hydroxyl groups excluding tert-OH is 1. The highest BCUT2D eigenvalue weighted by Crippen LogP contribution is 2.46. The SMILES string of the molecule is CC(O)C1C(=O)N2C(C(=O)O)=C(c3ccc(CN4CCNC4=O)cc3)CC12. The quantitative estimate of drug-likeness (QED) is 0.657. The van der Waals surface area contributed by atoms with Gasteiger partial charge in [0.15, 0.2) is 0 Å². The van der Waals surface area contributed by atoms with Crippen molar-refractivity contribution in [3.63, 3.8) is 0 Å². The normalized spacial score (nSPS) is 25.4. The number of hydrogen-bond acceptors (Lipinski definition) is 4. The van der Waals surface area contributed by atoms with Gasteiger partial charge in [-0.3, -0.25) is 4.79 Å². The number of urea groups is 1. The number of aliphatic hydroxyl groups is 1. The summed E-state index contributed by atoms with van der Waals surface area (Å²) in [6, 6.07) is 7.02. The number of nitrogens with zero attached hydrogens (tertiary/aromatic N) is 2. The minimum Gasteiger partial charge on any atom is -0.477 e. The highest BCUT2D eigenvalue weighted by Gasteiger charge is 2.56. The first-order chi connectivity index (χ1) is 12.9. The first-order valence-corrected chi connectivity index (χ1v) is 8.98. The molecular weight excluding hydrogens is 350 g/mol. The molecule has 0 bridgehead atoms. The smallest absolute Gasteiger partial charge is 0.352 e. The van der Waals surface area contributed by atoms with Crippen molar-refractivity contribution in [1.82, 2.24) is 15.1 Å². The number of amides is 3. The lowest BCUT2D eigenvalue weighted by Gasteiger charge is -2.44. The van der Waals surface area contributed by atoms with Gasteiger partial charge < -0.3 is 25.3 Å². The molecule has 8 nitrogen and oxygen atoms in total. The molecule has 2 fully saturated rings. The standard InChI is InChI=1S/C19H21N3O5/c1-10(23)15-14-8-13(16(18(25)26)22(14)17(15)24)12-4-2-11(3-5-12)9-21-7-6-20-19(21)27/h2-5,10,14-15,23H,6-9H2,1H3,(H,20,27)(H,25,26). The third kappa shape index (κ3) is 2.76. The van der Waals surface area contributed by atoms with Crippen LogP contribution in [0.4, 0.5) is 4.79 Å². The zero-order valence-corrected chi connectivity index (χ0v) is 14.9. The number of aliphatic carboxylic acids is 1. The Morgan fingerprint density at radius 2 is 2.00 bits per heavy atom. The Morgan fingerprint density at radius 3 is 2.56 bits per heavy atom. The predicted molar refractivity (Wildman–Crippen MR) is 95.2 cm³/mol. The van der Waals surface area contributed by atoms with Crippen molar-refractivity contribution in [3.8, 4) is 0 Å². The topological polar surface area (TPSA) is 110 Å². The molecule has 0 spiro atoms. The first-order valence-electron chi connectivity index (χ1n) is 8.98. The van der Waals surface area contributed by atoms with Crippen LogP contribution in [0.15, 0.2) is 30.0 Å². The number of carbonyl (C=O) groups is 3. The Kier molecular flexibility index (Phi) is 4.15. The third-order valence-electron chi connectivity index (χ3n) is 5.55. The molecule has 142 valence electrons. The molecule has 3 atom stereocenters. The van der Waals surface area contributed by atoms with E-state index in [0.717, 1.165) is 11.1 Å². The fourth-order valence-corrected chi connectivity index (χ4v) is 4.22. The summed E-state index contributed by atoms with van der Waals surface area (Å²) in [4.78, 5) is 38.7. The molecule has 0 saturated carbocycles. The van der Waals surface area contributed by atoms with Crippen molar-refractivity contribution in [3.05, 3.63) is 41.1 Å². The molecule has 3 heterocycles. The van der Waals surface area contributed by atoms with Crippen LogP contribution in [0.2, 0.25) is 0 Å². The second-order valence-corrected chi connectivity index (χ2v) is 7.23. The second kappa shape index (κ2) is 6.38. The number of β-lactam (4-membered cyclic amide) rings is 1. The average Bonchev–Trinajstić information content (AvgIpc) is 3.17. The molecule has 3 aliphatic heterocycles. The summed E-state index contributed by atoms with van der Waals surface area (Å²) in [5, 5.41) is 22.2. The lowest BCUT2D eigenvalue weighted by Crippen LogP contribution is -2.61. The van der Waals surface area contributed by atoms with Crippen LogP contribution >= 0.6 is 0 Å². The van der Waals surface area contributed by atoms with E-state index in [4.69, 9.17) is 0 Å². The Labute approximate surface area is 156 Å². The van der Waals surface area contributed by atoms with Gasteiger partial charge in [-0.15, -0.1) is 0 Å². The molecule has 0 radical (unpaired) electrons. The molecule has 4 rings (SSSR count). The second-order valence-electron chi connectivity index (χ2n) is 7.23. The minimum absolute atomic E-state index is 0.00794. The van der Waals surface area contributed by atoms with Crippen LogP contribution < -0.4 is 5.32 Å². The zero-order chi connectivity index (χ0) is 19.3. The van der Waals surface area contributed by atoms with Crippen LogP contribution in [-0.4, -0.2) is 63.2 Å². The molecule has 0 aromatic heterocycles. The van der Waals surface area contributed by atoms with Gasteiger partial charge in [0, 0.05) is 19.6 Å². The van der Waals surface area contributed by atoms with Gasteiger partial charge in [-0.05, 0) is 30.0 Å². The lowest BCUT2D eigenvalue weighted by molar-refractivity contribution is -0.161. The largest absolute Gasteiger partial charge is 0.477 e. The highest BCUT2D eigenvalue weighted by atomic mass is 16.4. The van der Waals surface area contributed by atoms with E-state index in [0.29, 0.717) is 31.6 Å². The van der Waals surface area contributed by atoms with E-state index in [1.54, 1.807) is 11.8 Å². The van der Waals surface area contributed by atoms with Crippen LogP contribution in [-0.2, 0) is 16.1 Å². The lowest BCUT2D eigenvalue weighted by atomic mass is 9.82. The van der Waals surface area contributed by atoms with Gasteiger partial charge in [0.1, 0.15) is 5.70 Å². The predicted octanol–water partition coefficient (Wildman–Crippen LogP) is 0.619. The van der Waals surface area contributed by atoms with Gasteiger partial charge in [0.05, 0.1) is 18.1 Å². The average molecular weight is 371 g/mol. The fraction of sp³-hybridized carbons (Fsp3) is 0.421. The van der Waals surface area contributed by atoms with Crippen molar-refractivity contribution in [2.24, 2.45) is 5.92 Å². The molecule has 2 saturated heterocycles. The van der Waals surface area contributed by atoms with E-state index in [1.165, 1.54) is 4.90 Å². The van der Waals surface area contributed by atoms with Crippen LogP contribution in [0, 0.1) is 5.92 Å². The summed E-state index contributed by atoms with van der Waals surface area (Å²) in [5.41, 5.74) is 2.31. The maximum Gasteiger partial charge on any atom is 0.352 e. The van der Waals surface area contributed by atoms with Crippen LogP contribution in [0.5, 0.6) is 0 Å². The van der Waals surface area contributed by atoms with Crippen LogP contribution in [0.3, 0.4) is 0 Å². The van der Waals surface area contributed by atoms with Crippen molar-refractivity contribution in [1.29, 1.82) is 0 Å². The number of carbonyl (C=O) groups excluding carboxylic acids is 2. The fourth-order valence-electron chi connectivity index (χ4n) is 4.22. The summed E-state index contributed by atoms with van der Waals surface area (Å²) in [7, 11) is 0. The molecule has 0 aliphatic carbocycles. The van der Waals surface area contributed by atoms with Gasteiger partial charge in [-0.2, -0.15) is 0 Å². The maximum absolute atomic E-state index is 12.3. The molecule has 1 aromatic rings. The molecule has 3 N–H and O–H groups in total. The summed E-state index contributed by atoms with van der Waals surface area (Å²) < 4.78 is 0. The number of carboxylic acid groups (broad SMARTS) is 1. The highest BCUT2D eigenvalue weighted by molar-refractivity contribution is 6.06. The van der Waals surface area contributed by atoms with Gasteiger partial charge >= 0.3 is 12.0 Å². The Balaban J connectivity index is 1.58. The van der Waals surface area contributed by atoms with E-state index in [2.05, 4.69) is 5.32 Å². The van der Waals surface area contributed by atoms with E-state index >= 15 is 0 Å². The van der Waals surface area contributed by atoms with E-state index in [-0.39, 0.29) is 23.7 Å². The van der Waals surface area contributed by atoms with Gasteiger partial charge in [0.2, 0.25) is 5.91 Å². The number of nitrogens with one attached hydrogen (secondary N) is 1. The molecule has 3 unspecified atom stereocenters. The minimum atomic E-state index is -1.14. The number of rotatable bonds is 5. The van der Waals surface area contributed by atoms with Gasteiger partial charge in [-0.25, -0.2) is 9.59 Å². The Bertz CT molecular complexity index is 845. The monoisotopic (exact) mass is 371 g/mol. The Morgan fingerprint density at radius 1 is 1.30 bits per heavy atom. The van der Waals surface area contributed by atoms with Crippen molar-refractivity contribution >= 4 is 23.5 Å². The van der Waals surface area contributed by atoms with E-state index in [9.17, 15) is 24.6 Å². The summed E-state index contributed by atoms with van der Waals surface area (Å²) >= 11 is 0. The number of hydrogen-bond donors (Lipinski definition) is 3. The molecule has 1 aromatic carbocycles. The molecule has 27 heavy (non-hydrogen) atoms. The summed E-state index contributed by atoms with van der Waals surface area (Å²) in [5.74, 6) is -2.02. The molecule has 3 aliphatic rings. The first kappa shape index (κ1) is 17.5. The number of fused-ring (bicyclic) bond motifs is 1. The molecule has 8 heteroatoms. The van der Waals surface area contributed by atoms with Gasteiger partial charge in [0.25, 0.3) is 0 Å².